The van der Waals surface area contributed by atoms with Crippen LogP contribution in [0.2, 0.25) is 0 Å². The van der Waals surface area contributed by atoms with Gasteiger partial charge in [-0.05, 0) is 37.3 Å². The van der Waals surface area contributed by atoms with E-state index in [-0.39, 0.29) is 22.6 Å². The minimum atomic E-state index is -0.471. The van der Waals surface area contributed by atoms with E-state index in [1.165, 1.54) is 18.2 Å². The molecule has 7 heteroatoms. The Labute approximate surface area is 137 Å². The molecule has 1 aromatic carbocycles. The standard InChI is InChI=1S/C17H15FN4O2/c1-2-22-8-7-16(23)15(10-22)19-17(24)14-9-13(20-21-14)11-3-5-12(18)6-4-11/h3-10H,2H2,1H3,(H,19,24)(H,20,21). The van der Waals surface area contributed by atoms with Crippen molar-refractivity contribution in [3.63, 3.8) is 0 Å². The van der Waals surface area contributed by atoms with Gasteiger partial charge in [0.2, 0.25) is 5.43 Å². The monoisotopic (exact) mass is 326 g/mol. The molecule has 0 spiro atoms. The summed E-state index contributed by atoms with van der Waals surface area (Å²) in [6, 6.07) is 8.73. The number of pyridine rings is 1. The molecule has 0 atom stereocenters. The third-order valence-corrected chi connectivity index (χ3v) is 3.55. The number of amides is 1. The SMILES string of the molecule is CCn1ccc(=O)c(NC(=O)c2cc(-c3ccc(F)cc3)n[nH]2)c1. The topological polar surface area (TPSA) is 79.8 Å². The Hall–Kier alpha value is -3.22. The van der Waals surface area contributed by atoms with E-state index in [2.05, 4.69) is 15.5 Å². The molecule has 0 aliphatic carbocycles. The Kier molecular flexibility index (Phi) is 4.24. The van der Waals surface area contributed by atoms with Crippen LogP contribution in [0.5, 0.6) is 0 Å². The van der Waals surface area contributed by atoms with Crippen molar-refractivity contribution in [2.75, 3.05) is 5.32 Å². The van der Waals surface area contributed by atoms with E-state index in [0.717, 1.165) is 0 Å². The molecule has 6 nitrogen and oxygen atoms in total. The fraction of sp³-hybridized carbons (Fsp3) is 0.118. The highest BCUT2D eigenvalue weighted by molar-refractivity contribution is 6.03. The molecule has 0 aliphatic heterocycles. The Morgan fingerprint density at radius 1 is 1.29 bits per heavy atom. The number of anilines is 1. The predicted molar refractivity (Wildman–Crippen MR) is 88.3 cm³/mol. The number of hydrogen-bond acceptors (Lipinski definition) is 3. The molecular formula is C17H15FN4O2. The lowest BCUT2D eigenvalue weighted by Gasteiger charge is -2.06. The van der Waals surface area contributed by atoms with Gasteiger partial charge in [-0.1, -0.05) is 0 Å². The van der Waals surface area contributed by atoms with Gasteiger partial charge in [-0.2, -0.15) is 5.10 Å². The molecule has 0 unspecified atom stereocenters. The molecule has 122 valence electrons. The number of H-pyrrole nitrogens is 1. The summed E-state index contributed by atoms with van der Waals surface area (Å²) in [7, 11) is 0. The molecule has 2 aromatic heterocycles. The van der Waals surface area contributed by atoms with Gasteiger partial charge in [0.15, 0.2) is 0 Å². The minimum absolute atomic E-state index is 0.197. The van der Waals surface area contributed by atoms with E-state index < -0.39 is 5.91 Å². The third-order valence-electron chi connectivity index (χ3n) is 3.55. The van der Waals surface area contributed by atoms with Crippen LogP contribution in [0.25, 0.3) is 11.3 Å². The summed E-state index contributed by atoms with van der Waals surface area (Å²) in [6.07, 6.45) is 3.23. The summed E-state index contributed by atoms with van der Waals surface area (Å²) in [5, 5.41) is 9.24. The maximum atomic E-state index is 13.0. The number of carbonyl (C=O) groups is 1. The van der Waals surface area contributed by atoms with Gasteiger partial charge in [-0.3, -0.25) is 14.7 Å². The van der Waals surface area contributed by atoms with Crippen molar-refractivity contribution in [3.05, 3.63) is 70.5 Å². The molecule has 0 bridgehead atoms. The largest absolute Gasteiger partial charge is 0.352 e. The Bertz CT molecular complexity index is 928. The van der Waals surface area contributed by atoms with E-state index in [9.17, 15) is 14.0 Å². The number of hydrogen-bond donors (Lipinski definition) is 2. The second-order valence-electron chi connectivity index (χ2n) is 5.18. The van der Waals surface area contributed by atoms with Crippen LogP contribution in [0, 0.1) is 5.82 Å². The van der Waals surface area contributed by atoms with Crippen molar-refractivity contribution in [2.24, 2.45) is 0 Å². The molecule has 1 amide bonds. The van der Waals surface area contributed by atoms with Gasteiger partial charge in [0.1, 0.15) is 17.2 Å². The molecule has 0 radical (unpaired) electrons. The Morgan fingerprint density at radius 3 is 2.75 bits per heavy atom. The molecular weight excluding hydrogens is 311 g/mol. The van der Waals surface area contributed by atoms with E-state index in [1.54, 1.807) is 35.2 Å². The predicted octanol–water partition coefficient (Wildman–Crippen LogP) is 2.65. The summed E-state index contributed by atoms with van der Waals surface area (Å²) in [4.78, 5) is 24.1. The number of benzene rings is 1. The highest BCUT2D eigenvalue weighted by Gasteiger charge is 2.13. The smallest absolute Gasteiger partial charge is 0.273 e. The number of aromatic nitrogens is 3. The summed E-state index contributed by atoms with van der Waals surface area (Å²) in [6.45, 7) is 2.61. The van der Waals surface area contributed by atoms with Crippen LogP contribution < -0.4 is 10.7 Å². The molecule has 3 aromatic rings. The highest BCUT2D eigenvalue weighted by Crippen LogP contribution is 2.18. The minimum Gasteiger partial charge on any atom is -0.352 e. The van der Waals surface area contributed by atoms with Gasteiger partial charge < -0.3 is 9.88 Å². The Balaban J connectivity index is 1.81. The third kappa shape index (κ3) is 3.24. The summed E-state index contributed by atoms with van der Waals surface area (Å²) in [5.41, 5.74) is 1.33. The summed E-state index contributed by atoms with van der Waals surface area (Å²) in [5.74, 6) is -0.814. The first-order valence-electron chi connectivity index (χ1n) is 7.39. The quantitative estimate of drug-likeness (QED) is 0.773. The summed E-state index contributed by atoms with van der Waals surface area (Å²) < 4.78 is 14.7. The van der Waals surface area contributed by atoms with Crippen molar-refractivity contribution in [2.45, 2.75) is 13.5 Å². The number of aryl methyl sites for hydroxylation is 1. The first-order valence-corrected chi connectivity index (χ1v) is 7.39. The normalized spacial score (nSPS) is 10.6. The molecule has 0 saturated carbocycles. The molecule has 0 aliphatic rings. The lowest BCUT2D eigenvalue weighted by molar-refractivity contribution is 0.102. The van der Waals surface area contributed by atoms with E-state index in [4.69, 9.17) is 0 Å². The first-order chi connectivity index (χ1) is 11.6. The van der Waals surface area contributed by atoms with Gasteiger partial charge >= 0.3 is 0 Å². The van der Waals surface area contributed by atoms with Gasteiger partial charge in [0, 0.05) is 30.6 Å². The number of rotatable bonds is 4. The van der Waals surface area contributed by atoms with Gasteiger partial charge in [0.05, 0.1) is 5.69 Å². The van der Waals surface area contributed by atoms with Gasteiger partial charge in [-0.15, -0.1) is 0 Å². The van der Waals surface area contributed by atoms with Crippen molar-refractivity contribution in [3.8, 4) is 11.3 Å². The van der Waals surface area contributed by atoms with Crippen LogP contribution in [0.1, 0.15) is 17.4 Å². The average Bonchev–Trinajstić information content (AvgIpc) is 3.07. The lowest BCUT2D eigenvalue weighted by Crippen LogP contribution is -2.19. The zero-order chi connectivity index (χ0) is 17.1. The highest BCUT2D eigenvalue weighted by atomic mass is 19.1. The fourth-order valence-corrected chi connectivity index (χ4v) is 2.21. The van der Waals surface area contributed by atoms with Crippen molar-refractivity contribution >= 4 is 11.6 Å². The number of aromatic amines is 1. The lowest BCUT2D eigenvalue weighted by atomic mass is 10.1. The molecule has 2 heterocycles. The second kappa shape index (κ2) is 6.49. The van der Waals surface area contributed by atoms with Crippen LogP contribution in [0.15, 0.2) is 53.6 Å². The Morgan fingerprint density at radius 2 is 2.04 bits per heavy atom. The van der Waals surface area contributed by atoms with Crippen LogP contribution in [0.3, 0.4) is 0 Å². The summed E-state index contributed by atoms with van der Waals surface area (Å²) >= 11 is 0. The van der Waals surface area contributed by atoms with Crippen molar-refractivity contribution in [1.29, 1.82) is 0 Å². The van der Waals surface area contributed by atoms with Crippen molar-refractivity contribution in [1.82, 2.24) is 14.8 Å². The van der Waals surface area contributed by atoms with E-state index in [0.29, 0.717) is 17.8 Å². The number of halogens is 1. The van der Waals surface area contributed by atoms with Crippen LogP contribution >= 0.6 is 0 Å². The van der Waals surface area contributed by atoms with Crippen LogP contribution in [0.4, 0.5) is 10.1 Å². The molecule has 2 N–H and O–H groups in total. The second-order valence-corrected chi connectivity index (χ2v) is 5.18. The van der Waals surface area contributed by atoms with E-state index in [1.807, 2.05) is 6.92 Å². The maximum Gasteiger partial charge on any atom is 0.273 e. The number of nitrogens with one attached hydrogen (secondary N) is 2. The number of nitrogens with zero attached hydrogens (tertiary/aromatic N) is 2. The number of carbonyl (C=O) groups excluding carboxylic acids is 1. The van der Waals surface area contributed by atoms with E-state index >= 15 is 0 Å². The fourth-order valence-electron chi connectivity index (χ4n) is 2.21. The zero-order valence-corrected chi connectivity index (χ0v) is 12.9. The van der Waals surface area contributed by atoms with Crippen molar-refractivity contribution < 1.29 is 9.18 Å². The maximum absolute atomic E-state index is 13.0. The van der Waals surface area contributed by atoms with Gasteiger partial charge in [-0.25, -0.2) is 4.39 Å². The van der Waals surface area contributed by atoms with Gasteiger partial charge in [0.25, 0.3) is 5.91 Å². The van der Waals surface area contributed by atoms with Crippen LogP contribution in [-0.2, 0) is 6.54 Å². The molecule has 0 saturated heterocycles. The zero-order valence-electron chi connectivity index (χ0n) is 12.9. The molecule has 3 rings (SSSR count). The molecule has 0 fully saturated rings. The average molecular weight is 326 g/mol. The molecule has 24 heavy (non-hydrogen) atoms. The first kappa shape index (κ1) is 15.7. The van der Waals surface area contributed by atoms with Crippen LogP contribution in [-0.4, -0.2) is 20.7 Å².